The van der Waals surface area contributed by atoms with Crippen LogP contribution >= 0.6 is 0 Å². The standard InChI is InChI=1S/C8H10N2O4/c1-2-14-8(13)6-4(9)3-5(11)10-7(6)12/h2-3,9H2,1H3,(H,10,11,12). The lowest BCUT2D eigenvalue weighted by Gasteiger charge is -2.15. The van der Waals surface area contributed by atoms with E-state index in [0.717, 1.165) is 0 Å². The van der Waals surface area contributed by atoms with Crippen LogP contribution in [-0.2, 0) is 19.1 Å². The summed E-state index contributed by atoms with van der Waals surface area (Å²) in [6.07, 6.45) is -0.153. The molecule has 14 heavy (non-hydrogen) atoms. The Morgan fingerprint density at radius 2 is 2.21 bits per heavy atom. The van der Waals surface area contributed by atoms with Crippen LogP contribution in [0.15, 0.2) is 11.3 Å². The fraction of sp³-hybridized carbons (Fsp3) is 0.375. The van der Waals surface area contributed by atoms with E-state index in [0.29, 0.717) is 0 Å². The molecule has 0 aromatic rings. The second-order valence-corrected chi connectivity index (χ2v) is 2.67. The van der Waals surface area contributed by atoms with Crippen molar-refractivity contribution >= 4 is 17.8 Å². The van der Waals surface area contributed by atoms with Gasteiger partial charge in [-0.15, -0.1) is 0 Å². The smallest absolute Gasteiger partial charge is 0.345 e. The van der Waals surface area contributed by atoms with Crippen molar-refractivity contribution in [2.45, 2.75) is 13.3 Å². The largest absolute Gasteiger partial charge is 0.462 e. The molecule has 0 spiro atoms. The molecule has 1 aliphatic heterocycles. The third-order valence-electron chi connectivity index (χ3n) is 1.63. The molecular weight excluding hydrogens is 188 g/mol. The van der Waals surface area contributed by atoms with Crippen LogP contribution in [-0.4, -0.2) is 24.4 Å². The predicted octanol–water partition coefficient (Wildman–Crippen LogP) is -1.19. The maximum absolute atomic E-state index is 11.2. The summed E-state index contributed by atoms with van der Waals surface area (Å²) >= 11 is 0. The molecular formula is C8H10N2O4. The van der Waals surface area contributed by atoms with Gasteiger partial charge in [-0.1, -0.05) is 0 Å². The van der Waals surface area contributed by atoms with Crippen LogP contribution in [0.5, 0.6) is 0 Å². The SMILES string of the molecule is CCOC(=O)C1=C(N)CC(=O)NC1=O. The molecule has 0 unspecified atom stereocenters. The summed E-state index contributed by atoms with van der Waals surface area (Å²) in [5, 5.41) is 1.98. The minimum absolute atomic E-state index is 0.0443. The van der Waals surface area contributed by atoms with Crippen molar-refractivity contribution in [2.75, 3.05) is 6.61 Å². The molecule has 0 aromatic carbocycles. The van der Waals surface area contributed by atoms with Gasteiger partial charge in [-0.25, -0.2) is 4.79 Å². The van der Waals surface area contributed by atoms with Gasteiger partial charge in [-0.3, -0.25) is 14.9 Å². The van der Waals surface area contributed by atoms with Gasteiger partial charge in [0.2, 0.25) is 5.91 Å². The fourth-order valence-corrected chi connectivity index (χ4v) is 1.07. The monoisotopic (exact) mass is 198 g/mol. The van der Waals surface area contributed by atoms with Crippen molar-refractivity contribution in [3.63, 3.8) is 0 Å². The lowest BCUT2D eigenvalue weighted by Crippen LogP contribution is -2.41. The number of rotatable bonds is 2. The van der Waals surface area contributed by atoms with Gasteiger partial charge < -0.3 is 10.5 Å². The van der Waals surface area contributed by atoms with Gasteiger partial charge in [0.05, 0.1) is 13.0 Å². The third-order valence-corrected chi connectivity index (χ3v) is 1.63. The molecule has 76 valence electrons. The van der Waals surface area contributed by atoms with E-state index < -0.39 is 17.8 Å². The Kier molecular flexibility index (Phi) is 2.85. The van der Waals surface area contributed by atoms with E-state index in [4.69, 9.17) is 5.73 Å². The van der Waals surface area contributed by atoms with Gasteiger partial charge in [-0.05, 0) is 6.92 Å². The number of nitrogens with one attached hydrogen (secondary N) is 1. The molecule has 0 atom stereocenters. The van der Waals surface area contributed by atoms with Gasteiger partial charge in [0, 0.05) is 5.70 Å². The Hall–Kier alpha value is -1.85. The molecule has 0 aliphatic carbocycles. The zero-order valence-electron chi connectivity index (χ0n) is 7.62. The zero-order valence-corrected chi connectivity index (χ0v) is 7.62. The second-order valence-electron chi connectivity index (χ2n) is 2.67. The molecule has 0 bridgehead atoms. The molecule has 0 radical (unpaired) electrons. The number of ether oxygens (including phenoxy) is 1. The van der Waals surface area contributed by atoms with Gasteiger partial charge >= 0.3 is 5.97 Å². The number of hydrogen-bond acceptors (Lipinski definition) is 5. The Bertz CT molecular complexity index is 332. The number of nitrogens with two attached hydrogens (primary N) is 1. The van der Waals surface area contributed by atoms with Crippen molar-refractivity contribution in [2.24, 2.45) is 5.73 Å². The second kappa shape index (κ2) is 3.91. The van der Waals surface area contributed by atoms with E-state index in [-0.39, 0.29) is 24.3 Å². The third kappa shape index (κ3) is 1.90. The lowest BCUT2D eigenvalue weighted by molar-refractivity contribution is -0.141. The van der Waals surface area contributed by atoms with Gasteiger partial charge in [-0.2, -0.15) is 0 Å². The van der Waals surface area contributed by atoms with Crippen molar-refractivity contribution in [1.29, 1.82) is 0 Å². The Morgan fingerprint density at radius 1 is 1.57 bits per heavy atom. The van der Waals surface area contributed by atoms with Crippen molar-refractivity contribution in [3.05, 3.63) is 11.3 Å². The van der Waals surface area contributed by atoms with Crippen LogP contribution in [0.25, 0.3) is 0 Å². The Labute approximate surface area is 80.1 Å². The highest BCUT2D eigenvalue weighted by atomic mass is 16.5. The van der Waals surface area contributed by atoms with Crippen molar-refractivity contribution < 1.29 is 19.1 Å². The number of imide groups is 1. The van der Waals surface area contributed by atoms with Crippen LogP contribution < -0.4 is 11.1 Å². The molecule has 0 aromatic heterocycles. The number of amides is 2. The van der Waals surface area contributed by atoms with Crippen LogP contribution in [0, 0.1) is 0 Å². The minimum Gasteiger partial charge on any atom is -0.462 e. The highest BCUT2D eigenvalue weighted by molar-refractivity contribution is 6.22. The summed E-state index contributed by atoms with van der Waals surface area (Å²) < 4.78 is 4.61. The molecule has 2 amide bonds. The molecule has 1 heterocycles. The van der Waals surface area contributed by atoms with Gasteiger partial charge in [0.15, 0.2) is 0 Å². The first-order valence-corrected chi connectivity index (χ1v) is 4.06. The summed E-state index contributed by atoms with van der Waals surface area (Å²) in [4.78, 5) is 33.2. The molecule has 6 heteroatoms. The average Bonchev–Trinajstić information content (AvgIpc) is 2.01. The summed E-state index contributed by atoms with van der Waals surface area (Å²) in [7, 11) is 0. The quantitative estimate of drug-likeness (QED) is 0.330. The molecule has 1 rings (SSSR count). The molecule has 1 aliphatic rings. The highest BCUT2D eigenvalue weighted by Crippen LogP contribution is 2.10. The maximum Gasteiger partial charge on any atom is 0.345 e. The summed E-state index contributed by atoms with van der Waals surface area (Å²) in [6.45, 7) is 1.76. The van der Waals surface area contributed by atoms with E-state index in [1.165, 1.54) is 0 Å². The predicted molar refractivity (Wildman–Crippen MR) is 45.6 cm³/mol. The molecule has 3 N–H and O–H groups in total. The Balaban J connectivity index is 2.94. The highest BCUT2D eigenvalue weighted by Gasteiger charge is 2.29. The fourth-order valence-electron chi connectivity index (χ4n) is 1.07. The van der Waals surface area contributed by atoms with E-state index in [2.05, 4.69) is 4.74 Å². The molecule has 0 saturated carbocycles. The van der Waals surface area contributed by atoms with Gasteiger partial charge in [0.1, 0.15) is 5.57 Å². The first kappa shape index (κ1) is 10.2. The lowest BCUT2D eigenvalue weighted by atomic mass is 10.1. The normalized spacial score (nSPS) is 16.6. The zero-order chi connectivity index (χ0) is 10.7. The summed E-state index contributed by atoms with van der Waals surface area (Å²) in [5.41, 5.74) is 5.07. The first-order valence-electron chi connectivity index (χ1n) is 4.06. The number of carbonyl (C=O) groups is 3. The first-order chi connectivity index (χ1) is 6.56. The summed E-state index contributed by atoms with van der Waals surface area (Å²) in [5.74, 6) is -2.10. The topological polar surface area (TPSA) is 98.5 Å². The van der Waals surface area contributed by atoms with E-state index >= 15 is 0 Å². The summed E-state index contributed by atoms with van der Waals surface area (Å²) in [6, 6.07) is 0. The molecule has 0 fully saturated rings. The number of hydrogen-bond donors (Lipinski definition) is 2. The van der Waals surface area contributed by atoms with E-state index in [1.807, 2.05) is 5.32 Å². The Morgan fingerprint density at radius 3 is 2.71 bits per heavy atom. The maximum atomic E-state index is 11.2. The van der Waals surface area contributed by atoms with Crippen molar-refractivity contribution in [1.82, 2.24) is 5.32 Å². The average molecular weight is 198 g/mol. The van der Waals surface area contributed by atoms with Crippen LogP contribution in [0.4, 0.5) is 0 Å². The number of carbonyl (C=O) groups excluding carboxylic acids is 3. The van der Waals surface area contributed by atoms with Crippen LogP contribution in [0.1, 0.15) is 13.3 Å². The van der Waals surface area contributed by atoms with Crippen molar-refractivity contribution in [3.8, 4) is 0 Å². The van der Waals surface area contributed by atoms with E-state index in [9.17, 15) is 14.4 Å². The number of esters is 1. The van der Waals surface area contributed by atoms with Gasteiger partial charge in [0.25, 0.3) is 5.91 Å². The molecule has 6 nitrogen and oxygen atoms in total. The molecule has 0 saturated heterocycles. The minimum atomic E-state index is -0.796. The van der Waals surface area contributed by atoms with Crippen LogP contribution in [0.2, 0.25) is 0 Å². The van der Waals surface area contributed by atoms with E-state index in [1.54, 1.807) is 6.92 Å². The van der Waals surface area contributed by atoms with Crippen LogP contribution in [0.3, 0.4) is 0 Å².